The fourth-order valence-corrected chi connectivity index (χ4v) is 3.61. The molecule has 0 radical (unpaired) electrons. The second-order valence-electron chi connectivity index (χ2n) is 6.12. The first kappa shape index (κ1) is 17.1. The zero-order chi connectivity index (χ0) is 19.1. The van der Waals surface area contributed by atoms with E-state index in [1.807, 2.05) is 10.7 Å². The van der Waals surface area contributed by atoms with E-state index in [9.17, 15) is 5.11 Å². The SMILES string of the molecule is COc1cc2nn[n+]3c(c2cc1O)-c1cc(OC)c(OC)c(OC)c1CC3. The smallest absolute Gasteiger partial charge is 0.218 e. The van der Waals surface area contributed by atoms with Crippen molar-refractivity contribution in [2.75, 3.05) is 28.4 Å². The molecule has 2 heterocycles. The predicted octanol–water partition coefficient (Wildman–Crippen LogP) is 1.88. The summed E-state index contributed by atoms with van der Waals surface area (Å²) in [6.07, 6.45) is 0.707. The number of nitrogens with zero attached hydrogens (tertiary/aromatic N) is 3. The Hall–Kier alpha value is -3.29. The average Bonchev–Trinajstić information content (AvgIpc) is 2.70. The van der Waals surface area contributed by atoms with Crippen molar-refractivity contribution in [3.05, 3.63) is 23.8 Å². The van der Waals surface area contributed by atoms with E-state index in [-0.39, 0.29) is 5.75 Å². The number of aryl methyl sites for hydroxylation is 1. The molecule has 2 aromatic carbocycles. The average molecular weight is 370 g/mol. The summed E-state index contributed by atoms with van der Waals surface area (Å²) in [5.41, 5.74) is 3.36. The number of fused-ring (bicyclic) bond motifs is 5. The van der Waals surface area contributed by atoms with Gasteiger partial charge in [0.15, 0.2) is 28.7 Å². The van der Waals surface area contributed by atoms with Crippen LogP contribution < -0.4 is 23.6 Å². The molecule has 0 unspecified atom stereocenters. The molecule has 0 amide bonds. The van der Waals surface area contributed by atoms with Crippen LogP contribution in [0, 0.1) is 0 Å². The summed E-state index contributed by atoms with van der Waals surface area (Å²) in [7, 11) is 6.28. The second kappa shape index (κ2) is 6.46. The molecule has 0 bridgehead atoms. The number of aromatic hydroxyl groups is 1. The zero-order valence-corrected chi connectivity index (χ0v) is 15.6. The number of phenols is 1. The number of rotatable bonds is 4. The van der Waals surface area contributed by atoms with Gasteiger partial charge in [-0.3, -0.25) is 0 Å². The van der Waals surface area contributed by atoms with Crippen LogP contribution in [0.25, 0.3) is 22.2 Å². The molecule has 1 aliphatic rings. The number of benzene rings is 2. The fraction of sp³-hybridized carbons (Fsp3) is 0.316. The summed E-state index contributed by atoms with van der Waals surface area (Å²) in [5, 5.41) is 19.6. The van der Waals surface area contributed by atoms with Gasteiger partial charge in [-0.15, -0.1) is 4.68 Å². The summed E-state index contributed by atoms with van der Waals surface area (Å²) >= 11 is 0. The highest BCUT2D eigenvalue weighted by Gasteiger charge is 2.32. The van der Waals surface area contributed by atoms with Gasteiger partial charge < -0.3 is 24.1 Å². The number of hydrogen-bond acceptors (Lipinski definition) is 7. The first-order chi connectivity index (χ1) is 13.1. The van der Waals surface area contributed by atoms with Crippen LogP contribution in [0.3, 0.4) is 0 Å². The van der Waals surface area contributed by atoms with E-state index < -0.39 is 0 Å². The van der Waals surface area contributed by atoms with Crippen molar-refractivity contribution in [1.82, 2.24) is 10.3 Å². The van der Waals surface area contributed by atoms with Crippen LogP contribution in [-0.2, 0) is 13.0 Å². The molecule has 0 atom stereocenters. The van der Waals surface area contributed by atoms with E-state index in [1.54, 1.807) is 33.5 Å². The maximum absolute atomic E-state index is 10.3. The van der Waals surface area contributed by atoms with Gasteiger partial charge in [-0.1, -0.05) is 0 Å². The molecule has 27 heavy (non-hydrogen) atoms. The molecule has 8 nitrogen and oxygen atoms in total. The lowest BCUT2D eigenvalue weighted by molar-refractivity contribution is -0.748. The summed E-state index contributed by atoms with van der Waals surface area (Å²) in [5.74, 6) is 2.15. The van der Waals surface area contributed by atoms with Crippen LogP contribution in [0.1, 0.15) is 5.56 Å². The minimum atomic E-state index is 0.0420. The number of phenolic OH excluding ortho intramolecular Hbond substituents is 1. The third-order valence-electron chi connectivity index (χ3n) is 4.83. The van der Waals surface area contributed by atoms with Gasteiger partial charge in [0.2, 0.25) is 11.3 Å². The zero-order valence-electron chi connectivity index (χ0n) is 15.6. The standard InChI is InChI=1S/C19H19N3O5/c1-24-15-9-13-12(7-14(15)23)17-11-8-16(25-2)19(27-4)18(26-3)10(11)5-6-22(17)21-20-13/h7-9H,5-6H2,1-4H3/p+1. The third kappa shape index (κ3) is 2.48. The summed E-state index contributed by atoms with van der Waals surface area (Å²) in [6, 6.07) is 5.22. The van der Waals surface area contributed by atoms with E-state index >= 15 is 0 Å². The van der Waals surface area contributed by atoms with E-state index in [2.05, 4.69) is 10.3 Å². The molecule has 0 fully saturated rings. The minimum absolute atomic E-state index is 0.0420. The quantitative estimate of drug-likeness (QED) is 0.702. The van der Waals surface area contributed by atoms with Crippen LogP contribution in [0.4, 0.5) is 0 Å². The highest BCUT2D eigenvalue weighted by Crippen LogP contribution is 2.47. The Morgan fingerprint density at radius 2 is 1.67 bits per heavy atom. The van der Waals surface area contributed by atoms with Crippen LogP contribution in [-0.4, -0.2) is 43.9 Å². The lowest BCUT2D eigenvalue weighted by atomic mass is 9.93. The summed E-state index contributed by atoms with van der Waals surface area (Å²) < 4.78 is 23.7. The van der Waals surface area contributed by atoms with E-state index in [1.165, 1.54) is 7.11 Å². The highest BCUT2D eigenvalue weighted by atomic mass is 16.5. The lowest BCUT2D eigenvalue weighted by Crippen LogP contribution is -2.45. The topological polar surface area (TPSA) is 86.8 Å². The number of ether oxygens (including phenoxy) is 4. The summed E-state index contributed by atoms with van der Waals surface area (Å²) in [4.78, 5) is 0. The van der Waals surface area contributed by atoms with Crippen molar-refractivity contribution in [3.8, 4) is 40.0 Å². The van der Waals surface area contributed by atoms with E-state index in [4.69, 9.17) is 18.9 Å². The molecule has 4 rings (SSSR count). The number of methoxy groups -OCH3 is 4. The molecular formula is C19H20N3O5+. The minimum Gasteiger partial charge on any atom is -0.504 e. The molecule has 1 N–H and O–H groups in total. The Morgan fingerprint density at radius 3 is 2.33 bits per heavy atom. The Morgan fingerprint density at radius 1 is 0.926 bits per heavy atom. The molecule has 1 aliphatic heterocycles. The van der Waals surface area contributed by atoms with Crippen molar-refractivity contribution >= 4 is 10.9 Å². The van der Waals surface area contributed by atoms with E-state index in [0.29, 0.717) is 41.5 Å². The van der Waals surface area contributed by atoms with Crippen molar-refractivity contribution in [1.29, 1.82) is 0 Å². The number of aromatic nitrogens is 3. The van der Waals surface area contributed by atoms with Gasteiger partial charge in [0.25, 0.3) is 0 Å². The molecule has 0 saturated heterocycles. The fourth-order valence-electron chi connectivity index (χ4n) is 3.61. The molecule has 140 valence electrons. The van der Waals surface area contributed by atoms with E-state index in [0.717, 1.165) is 22.2 Å². The molecule has 0 saturated carbocycles. The van der Waals surface area contributed by atoms with Crippen molar-refractivity contribution < 1.29 is 28.7 Å². The first-order valence-electron chi connectivity index (χ1n) is 8.42. The highest BCUT2D eigenvalue weighted by molar-refractivity contribution is 5.94. The summed E-state index contributed by atoms with van der Waals surface area (Å²) in [6.45, 7) is 0.629. The van der Waals surface area contributed by atoms with Gasteiger partial charge in [-0.2, -0.15) is 0 Å². The van der Waals surface area contributed by atoms with Crippen LogP contribution in [0.2, 0.25) is 0 Å². The van der Waals surface area contributed by atoms with Gasteiger partial charge in [-0.05, 0) is 12.1 Å². The van der Waals surface area contributed by atoms with Gasteiger partial charge >= 0.3 is 0 Å². The maximum atomic E-state index is 10.3. The van der Waals surface area contributed by atoms with Gasteiger partial charge in [0.1, 0.15) is 11.8 Å². The molecule has 1 aromatic heterocycles. The van der Waals surface area contributed by atoms with Crippen molar-refractivity contribution in [2.45, 2.75) is 13.0 Å². The van der Waals surface area contributed by atoms with Gasteiger partial charge in [-0.25, -0.2) is 0 Å². The Labute approximate surface area is 155 Å². The monoisotopic (exact) mass is 370 g/mol. The largest absolute Gasteiger partial charge is 0.504 e. The number of hydrogen-bond donors (Lipinski definition) is 1. The van der Waals surface area contributed by atoms with Crippen molar-refractivity contribution in [3.63, 3.8) is 0 Å². The molecule has 0 spiro atoms. The Bertz CT molecular complexity index is 1050. The van der Waals surface area contributed by atoms with Crippen LogP contribution in [0.5, 0.6) is 28.7 Å². The van der Waals surface area contributed by atoms with Crippen molar-refractivity contribution in [2.24, 2.45) is 0 Å². The maximum Gasteiger partial charge on any atom is 0.218 e. The Balaban J connectivity index is 2.08. The van der Waals surface area contributed by atoms with Gasteiger partial charge in [0, 0.05) is 23.6 Å². The third-order valence-corrected chi connectivity index (χ3v) is 4.83. The molecular weight excluding hydrogens is 350 g/mol. The van der Waals surface area contributed by atoms with Crippen LogP contribution >= 0.6 is 0 Å². The van der Waals surface area contributed by atoms with Gasteiger partial charge in [0.05, 0.1) is 38.9 Å². The second-order valence-corrected chi connectivity index (χ2v) is 6.12. The lowest BCUT2D eigenvalue weighted by Gasteiger charge is -2.22. The normalized spacial score (nSPS) is 12.3. The predicted molar refractivity (Wildman–Crippen MR) is 96.7 cm³/mol. The van der Waals surface area contributed by atoms with Crippen LogP contribution in [0.15, 0.2) is 18.2 Å². The first-order valence-corrected chi connectivity index (χ1v) is 8.42. The molecule has 3 aromatic rings. The molecule has 0 aliphatic carbocycles. The molecule has 8 heteroatoms. The Kier molecular flexibility index (Phi) is 4.10.